The summed E-state index contributed by atoms with van der Waals surface area (Å²) < 4.78 is 0. The van der Waals surface area contributed by atoms with Gasteiger partial charge in [0.25, 0.3) is 5.69 Å². The quantitative estimate of drug-likeness (QED) is 0.605. The maximum atomic E-state index is 11.3. The van der Waals surface area contributed by atoms with Crippen LogP contribution < -0.4 is 5.32 Å². The Bertz CT molecular complexity index is 504. The number of aliphatic carboxylic acids is 1. The number of carbonyl (C=O) groups is 1. The van der Waals surface area contributed by atoms with Crippen molar-refractivity contribution in [2.45, 2.75) is 39.2 Å². The van der Waals surface area contributed by atoms with E-state index in [-0.39, 0.29) is 11.5 Å². The van der Waals surface area contributed by atoms with Crippen molar-refractivity contribution < 1.29 is 14.8 Å². The van der Waals surface area contributed by atoms with Crippen molar-refractivity contribution >= 4 is 17.5 Å². The smallest absolute Gasteiger partial charge is 0.329 e. The van der Waals surface area contributed by atoms with Crippen molar-refractivity contribution in [2.24, 2.45) is 0 Å². The molecule has 0 fully saturated rings. The number of nitrogens with zero attached hydrogens (tertiary/aromatic N) is 2. The first-order valence-electron chi connectivity index (χ1n) is 5.92. The predicted molar refractivity (Wildman–Crippen MR) is 70.2 cm³/mol. The Balaban J connectivity index is 3.07. The zero-order valence-corrected chi connectivity index (χ0v) is 11.1. The second kappa shape index (κ2) is 5.64. The highest BCUT2D eigenvalue weighted by molar-refractivity contribution is 5.82. The summed E-state index contributed by atoms with van der Waals surface area (Å²) in [6.07, 6.45) is 2.42. The Kier molecular flexibility index (Phi) is 4.42. The summed E-state index contributed by atoms with van der Waals surface area (Å²) in [5.41, 5.74) is -0.838. The largest absolute Gasteiger partial charge is 0.480 e. The number of nitrogens with one attached hydrogen (secondary N) is 1. The number of carboxylic acid groups (broad SMARTS) is 1. The number of anilines is 1. The molecule has 7 nitrogen and oxygen atoms in total. The van der Waals surface area contributed by atoms with Gasteiger partial charge in [-0.1, -0.05) is 13.3 Å². The molecule has 1 aromatic heterocycles. The maximum absolute atomic E-state index is 11.3. The van der Waals surface area contributed by atoms with E-state index in [2.05, 4.69) is 10.3 Å². The first kappa shape index (κ1) is 14.9. The number of hydrogen-bond donors (Lipinski definition) is 2. The number of rotatable bonds is 6. The SMILES string of the molecule is CCCC(C)(Nc1cc([N+](=O)[O-])c(C)cn1)C(=O)O. The van der Waals surface area contributed by atoms with Gasteiger partial charge in [-0.3, -0.25) is 10.1 Å². The lowest BCUT2D eigenvalue weighted by molar-refractivity contribution is -0.385. The molecule has 2 N–H and O–H groups in total. The van der Waals surface area contributed by atoms with Crippen LogP contribution in [0.3, 0.4) is 0 Å². The zero-order valence-electron chi connectivity index (χ0n) is 11.1. The summed E-state index contributed by atoms with van der Waals surface area (Å²) in [4.78, 5) is 25.6. The van der Waals surface area contributed by atoms with Gasteiger partial charge in [0.2, 0.25) is 0 Å². The van der Waals surface area contributed by atoms with Crippen molar-refractivity contribution in [1.82, 2.24) is 4.98 Å². The van der Waals surface area contributed by atoms with Crippen molar-refractivity contribution in [3.8, 4) is 0 Å². The summed E-state index contributed by atoms with van der Waals surface area (Å²) >= 11 is 0. The van der Waals surface area contributed by atoms with Crippen molar-refractivity contribution in [3.63, 3.8) is 0 Å². The number of aromatic nitrogens is 1. The van der Waals surface area contributed by atoms with Gasteiger partial charge in [-0.25, -0.2) is 9.78 Å². The lowest BCUT2D eigenvalue weighted by Crippen LogP contribution is -2.43. The molecule has 0 aliphatic carbocycles. The molecule has 0 saturated carbocycles. The van der Waals surface area contributed by atoms with Gasteiger partial charge in [-0.2, -0.15) is 0 Å². The molecule has 104 valence electrons. The van der Waals surface area contributed by atoms with Crippen LogP contribution in [0.2, 0.25) is 0 Å². The van der Waals surface area contributed by atoms with Crippen LogP contribution in [0.1, 0.15) is 32.3 Å². The molecule has 1 unspecified atom stereocenters. The molecule has 0 aliphatic heterocycles. The maximum Gasteiger partial charge on any atom is 0.329 e. The number of nitro groups is 1. The molecule has 0 aromatic carbocycles. The molecule has 1 aromatic rings. The Labute approximate surface area is 110 Å². The van der Waals surface area contributed by atoms with Gasteiger partial charge in [0.1, 0.15) is 11.4 Å². The first-order chi connectivity index (χ1) is 8.80. The van der Waals surface area contributed by atoms with Crippen LogP contribution in [-0.2, 0) is 4.79 Å². The fraction of sp³-hybridized carbons (Fsp3) is 0.500. The van der Waals surface area contributed by atoms with Gasteiger partial charge in [0.05, 0.1) is 11.0 Å². The van der Waals surface area contributed by atoms with Crippen molar-refractivity contribution in [1.29, 1.82) is 0 Å². The third-order valence-corrected chi connectivity index (χ3v) is 2.90. The summed E-state index contributed by atoms with van der Waals surface area (Å²) in [5.74, 6) is -0.824. The van der Waals surface area contributed by atoms with E-state index in [0.29, 0.717) is 18.4 Å². The summed E-state index contributed by atoms with van der Waals surface area (Å²) in [6, 6.07) is 1.26. The third kappa shape index (κ3) is 3.40. The first-order valence-corrected chi connectivity index (χ1v) is 5.92. The minimum atomic E-state index is -1.19. The average Bonchev–Trinajstić information content (AvgIpc) is 2.31. The zero-order chi connectivity index (χ0) is 14.6. The molecular formula is C12H17N3O4. The van der Waals surface area contributed by atoms with E-state index in [0.717, 1.165) is 0 Å². The van der Waals surface area contributed by atoms with E-state index < -0.39 is 16.4 Å². The van der Waals surface area contributed by atoms with Crippen LogP contribution in [0.4, 0.5) is 11.5 Å². The number of hydrogen-bond acceptors (Lipinski definition) is 5. The predicted octanol–water partition coefficient (Wildman–Crippen LogP) is 2.35. The Hall–Kier alpha value is -2.18. The third-order valence-electron chi connectivity index (χ3n) is 2.90. The normalized spacial score (nSPS) is 13.6. The monoisotopic (exact) mass is 267 g/mol. The van der Waals surface area contributed by atoms with Crippen LogP contribution in [-0.4, -0.2) is 26.5 Å². The van der Waals surface area contributed by atoms with E-state index in [1.165, 1.54) is 19.2 Å². The lowest BCUT2D eigenvalue weighted by Gasteiger charge is -2.26. The molecule has 0 saturated heterocycles. The van der Waals surface area contributed by atoms with Crippen LogP contribution >= 0.6 is 0 Å². The molecule has 0 radical (unpaired) electrons. The van der Waals surface area contributed by atoms with E-state index in [1.54, 1.807) is 6.92 Å². The van der Waals surface area contributed by atoms with E-state index in [9.17, 15) is 20.0 Å². The summed E-state index contributed by atoms with van der Waals surface area (Å²) in [7, 11) is 0. The molecule has 0 aliphatic rings. The lowest BCUT2D eigenvalue weighted by atomic mass is 9.96. The van der Waals surface area contributed by atoms with Gasteiger partial charge < -0.3 is 10.4 Å². The van der Waals surface area contributed by atoms with Gasteiger partial charge in [0.15, 0.2) is 0 Å². The molecule has 0 amide bonds. The Morgan fingerprint density at radius 3 is 2.74 bits per heavy atom. The molecule has 19 heavy (non-hydrogen) atoms. The molecule has 1 heterocycles. The fourth-order valence-electron chi connectivity index (χ4n) is 1.78. The average molecular weight is 267 g/mol. The van der Waals surface area contributed by atoms with Crippen LogP contribution in [0.25, 0.3) is 0 Å². The minimum Gasteiger partial charge on any atom is -0.480 e. The molecule has 0 spiro atoms. The van der Waals surface area contributed by atoms with Gasteiger partial charge in [-0.05, 0) is 20.3 Å². The number of carboxylic acids is 1. The molecule has 7 heteroatoms. The summed E-state index contributed by atoms with van der Waals surface area (Å²) in [5, 5.41) is 22.8. The Morgan fingerprint density at radius 1 is 1.63 bits per heavy atom. The standard InChI is InChI=1S/C12H17N3O4/c1-4-5-12(3,11(16)17)14-10-6-9(15(18)19)8(2)7-13-10/h6-7H,4-5H2,1-3H3,(H,13,14)(H,16,17). The van der Waals surface area contributed by atoms with Gasteiger partial charge in [0, 0.05) is 11.8 Å². The van der Waals surface area contributed by atoms with Gasteiger partial charge >= 0.3 is 5.97 Å². The van der Waals surface area contributed by atoms with E-state index >= 15 is 0 Å². The second-order valence-corrected chi connectivity index (χ2v) is 4.63. The highest BCUT2D eigenvalue weighted by Crippen LogP contribution is 2.24. The number of aryl methyl sites for hydroxylation is 1. The molecule has 1 atom stereocenters. The molecule has 0 bridgehead atoms. The van der Waals surface area contributed by atoms with E-state index in [4.69, 9.17) is 0 Å². The number of pyridine rings is 1. The van der Waals surface area contributed by atoms with Gasteiger partial charge in [-0.15, -0.1) is 0 Å². The van der Waals surface area contributed by atoms with Crippen LogP contribution in [0, 0.1) is 17.0 Å². The van der Waals surface area contributed by atoms with Crippen molar-refractivity contribution in [2.75, 3.05) is 5.32 Å². The van der Waals surface area contributed by atoms with E-state index in [1.807, 2.05) is 6.92 Å². The Morgan fingerprint density at radius 2 is 2.26 bits per heavy atom. The minimum absolute atomic E-state index is 0.0817. The highest BCUT2D eigenvalue weighted by Gasteiger charge is 2.32. The summed E-state index contributed by atoms with van der Waals surface area (Å²) in [6.45, 7) is 4.98. The molecule has 1 rings (SSSR count). The topological polar surface area (TPSA) is 105 Å². The fourth-order valence-corrected chi connectivity index (χ4v) is 1.78. The highest BCUT2D eigenvalue weighted by atomic mass is 16.6. The molecular weight excluding hydrogens is 250 g/mol. The second-order valence-electron chi connectivity index (χ2n) is 4.63. The van der Waals surface area contributed by atoms with Crippen LogP contribution in [0.5, 0.6) is 0 Å². The van der Waals surface area contributed by atoms with Crippen molar-refractivity contribution in [3.05, 3.63) is 27.9 Å². The van der Waals surface area contributed by atoms with Crippen LogP contribution in [0.15, 0.2) is 12.3 Å².